The number of hydrazone groups is 1. The van der Waals surface area contributed by atoms with Gasteiger partial charge in [-0.05, 0) is 49.1 Å². The van der Waals surface area contributed by atoms with Gasteiger partial charge < -0.3 is 0 Å². The average Bonchev–Trinajstić information content (AvgIpc) is 3.29. The minimum absolute atomic E-state index is 0.295. The van der Waals surface area contributed by atoms with Crippen LogP contribution in [0.5, 0.6) is 0 Å². The van der Waals surface area contributed by atoms with Crippen molar-refractivity contribution in [3.05, 3.63) is 74.1 Å². The fourth-order valence-corrected chi connectivity index (χ4v) is 3.33. The molecule has 27 heavy (non-hydrogen) atoms. The first-order chi connectivity index (χ1) is 13.0. The summed E-state index contributed by atoms with van der Waals surface area (Å²) in [5, 5.41) is 8.98. The summed E-state index contributed by atoms with van der Waals surface area (Å²) in [6, 6.07) is 9.12. The molecule has 0 bridgehead atoms. The Hall–Kier alpha value is -3.00. The van der Waals surface area contributed by atoms with Crippen molar-refractivity contribution in [1.82, 2.24) is 15.2 Å². The molecule has 0 fully saturated rings. The molecule has 3 rings (SSSR count). The second-order valence-corrected chi connectivity index (χ2v) is 6.90. The molecule has 8 heteroatoms. The van der Waals surface area contributed by atoms with E-state index in [-0.39, 0.29) is 17.3 Å². The van der Waals surface area contributed by atoms with Gasteiger partial charge in [0.15, 0.2) is 0 Å². The maximum Gasteiger partial charge on any atom is 0.281 e. The van der Waals surface area contributed by atoms with Gasteiger partial charge in [-0.15, -0.1) is 11.3 Å². The van der Waals surface area contributed by atoms with Crippen LogP contribution in [0.3, 0.4) is 0 Å². The number of hydrogen-bond acceptors (Lipinski definition) is 4. The van der Waals surface area contributed by atoms with Crippen molar-refractivity contribution in [2.75, 3.05) is 0 Å². The SMILES string of the molecule is CCCc1[nH]n(-c2ccc(F)cc2)c(=O)c1C(C)=NNC(=O)c1cccs1. The van der Waals surface area contributed by atoms with Crippen molar-refractivity contribution in [2.45, 2.75) is 26.7 Å². The summed E-state index contributed by atoms with van der Waals surface area (Å²) in [6.07, 6.45) is 1.47. The van der Waals surface area contributed by atoms with Gasteiger partial charge in [-0.2, -0.15) is 5.10 Å². The molecule has 2 aromatic heterocycles. The van der Waals surface area contributed by atoms with E-state index in [2.05, 4.69) is 15.6 Å². The Bertz CT molecular complexity index is 1020. The number of benzene rings is 1. The molecule has 0 saturated heterocycles. The van der Waals surface area contributed by atoms with Crippen LogP contribution in [0.1, 0.15) is 41.2 Å². The fourth-order valence-electron chi connectivity index (χ4n) is 2.71. The molecule has 0 atom stereocenters. The van der Waals surface area contributed by atoms with Crippen LogP contribution < -0.4 is 11.0 Å². The number of carbonyl (C=O) groups is 1. The normalized spacial score (nSPS) is 11.6. The second kappa shape index (κ2) is 8.13. The lowest BCUT2D eigenvalue weighted by Crippen LogP contribution is -2.23. The summed E-state index contributed by atoms with van der Waals surface area (Å²) < 4.78 is 14.5. The van der Waals surface area contributed by atoms with E-state index in [4.69, 9.17) is 0 Å². The third-order valence-corrected chi connectivity index (χ3v) is 4.85. The molecule has 0 spiro atoms. The Balaban J connectivity index is 1.95. The lowest BCUT2D eigenvalue weighted by atomic mass is 10.1. The first-order valence-electron chi connectivity index (χ1n) is 8.49. The highest BCUT2D eigenvalue weighted by Crippen LogP contribution is 2.12. The molecule has 2 N–H and O–H groups in total. The monoisotopic (exact) mass is 386 g/mol. The minimum atomic E-state index is -0.374. The Morgan fingerprint density at radius 2 is 2.04 bits per heavy atom. The van der Waals surface area contributed by atoms with Gasteiger partial charge in [0.25, 0.3) is 11.5 Å². The molecule has 1 amide bonds. The van der Waals surface area contributed by atoms with E-state index >= 15 is 0 Å². The number of halogens is 1. The summed E-state index contributed by atoms with van der Waals surface area (Å²) in [5.41, 5.74) is 4.26. The number of rotatable bonds is 6. The molecule has 6 nitrogen and oxygen atoms in total. The minimum Gasteiger partial charge on any atom is -0.294 e. The largest absolute Gasteiger partial charge is 0.294 e. The third-order valence-electron chi connectivity index (χ3n) is 3.98. The first kappa shape index (κ1) is 18.8. The number of aromatic nitrogens is 2. The zero-order chi connectivity index (χ0) is 19.4. The topological polar surface area (TPSA) is 79.2 Å². The predicted molar refractivity (Wildman–Crippen MR) is 104 cm³/mol. The number of hydrogen-bond donors (Lipinski definition) is 2. The summed E-state index contributed by atoms with van der Waals surface area (Å²) in [7, 11) is 0. The lowest BCUT2D eigenvalue weighted by Gasteiger charge is -2.01. The number of thiophene rings is 1. The number of amides is 1. The zero-order valence-electron chi connectivity index (χ0n) is 15.0. The smallest absolute Gasteiger partial charge is 0.281 e. The molecule has 0 radical (unpaired) electrons. The molecule has 0 unspecified atom stereocenters. The fraction of sp³-hybridized carbons (Fsp3) is 0.211. The third kappa shape index (κ3) is 4.06. The van der Waals surface area contributed by atoms with Crippen molar-refractivity contribution in [3.8, 4) is 5.69 Å². The van der Waals surface area contributed by atoms with E-state index in [0.29, 0.717) is 28.3 Å². The lowest BCUT2D eigenvalue weighted by molar-refractivity contribution is 0.0959. The predicted octanol–water partition coefficient (Wildman–Crippen LogP) is 3.47. The number of carbonyl (C=O) groups excluding carboxylic acids is 1. The molecular weight excluding hydrogens is 367 g/mol. The van der Waals surface area contributed by atoms with Gasteiger partial charge in [0.05, 0.1) is 21.8 Å². The molecule has 0 saturated carbocycles. The highest BCUT2D eigenvalue weighted by atomic mass is 32.1. The van der Waals surface area contributed by atoms with Crippen LogP contribution in [0, 0.1) is 5.82 Å². The van der Waals surface area contributed by atoms with Crippen molar-refractivity contribution >= 4 is 23.0 Å². The number of aromatic amines is 1. The summed E-state index contributed by atoms with van der Waals surface area (Å²) in [5.74, 6) is -0.697. The molecule has 2 heterocycles. The maximum atomic E-state index is 13.2. The number of nitrogens with one attached hydrogen (secondary N) is 2. The Morgan fingerprint density at radius 3 is 2.67 bits per heavy atom. The van der Waals surface area contributed by atoms with E-state index in [1.165, 1.54) is 40.3 Å². The van der Waals surface area contributed by atoms with E-state index < -0.39 is 0 Å². The van der Waals surface area contributed by atoms with E-state index in [1.54, 1.807) is 24.4 Å². The van der Waals surface area contributed by atoms with Crippen molar-refractivity contribution in [1.29, 1.82) is 0 Å². The zero-order valence-corrected chi connectivity index (χ0v) is 15.8. The van der Waals surface area contributed by atoms with Gasteiger partial charge in [0.1, 0.15) is 5.82 Å². The number of nitrogens with zero attached hydrogens (tertiary/aromatic N) is 2. The Labute approximate surface area is 159 Å². The van der Waals surface area contributed by atoms with Gasteiger partial charge in [0.2, 0.25) is 0 Å². The molecule has 1 aromatic carbocycles. The van der Waals surface area contributed by atoms with Crippen LogP contribution in [0.25, 0.3) is 5.69 Å². The highest BCUT2D eigenvalue weighted by Gasteiger charge is 2.18. The van der Waals surface area contributed by atoms with Crippen molar-refractivity contribution < 1.29 is 9.18 Å². The van der Waals surface area contributed by atoms with Crippen molar-refractivity contribution in [2.24, 2.45) is 5.10 Å². The number of aryl methyl sites for hydroxylation is 1. The highest BCUT2D eigenvalue weighted by molar-refractivity contribution is 7.12. The molecule has 0 aliphatic heterocycles. The van der Waals surface area contributed by atoms with E-state index in [9.17, 15) is 14.0 Å². The van der Waals surface area contributed by atoms with Crippen LogP contribution in [0.2, 0.25) is 0 Å². The van der Waals surface area contributed by atoms with E-state index in [1.807, 2.05) is 6.92 Å². The summed E-state index contributed by atoms with van der Waals surface area (Å²) in [4.78, 5) is 25.5. The van der Waals surface area contributed by atoms with Crippen LogP contribution in [-0.2, 0) is 6.42 Å². The van der Waals surface area contributed by atoms with Gasteiger partial charge in [-0.25, -0.2) is 14.5 Å². The average molecular weight is 386 g/mol. The maximum absolute atomic E-state index is 13.2. The van der Waals surface area contributed by atoms with Gasteiger partial charge >= 0.3 is 0 Å². The first-order valence-corrected chi connectivity index (χ1v) is 9.37. The van der Waals surface area contributed by atoms with Crippen LogP contribution in [0.15, 0.2) is 51.7 Å². The van der Waals surface area contributed by atoms with Gasteiger partial charge in [-0.3, -0.25) is 14.7 Å². The second-order valence-electron chi connectivity index (χ2n) is 5.95. The molecule has 0 aliphatic carbocycles. The van der Waals surface area contributed by atoms with E-state index in [0.717, 1.165) is 12.1 Å². The van der Waals surface area contributed by atoms with Crippen molar-refractivity contribution in [3.63, 3.8) is 0 Å². The Morgan fingerprint density at radius 1 is 1.30 bits per heavy atom. The number of H-pyrrole nitrogens is 1. The van der Waals surface area contributed by atoms with Crippen LogP contribution in [0.4, 0.5) is 4.39 Å². The quantitative estimate of drug-likeness (QED) is 0.503. The molecular formula is C19H19FN4O2S. The summed E-state index contributed by atoms with van der Waals surface area (Å²) >= 11 is 1.31. The van der Waals surface area contributed by atoms with Crippen LogP contribution >= 0.6 is 11.3 Å². The molecule has 3 aromatic rings. The summed E-state index contributed by atoms with van der Waals surface area (Å²) in [6.45, 7) is 3.68. The molecule has 0 aliphatic rings. The Kier molecular flexibility index (Phi) is 5.66. The van der Waals surface area contributed by atoms with Gasteiger partial charge in [0, 0.05) is 5.69 Å². The molecule has 140 valence electrons. The van der Waals surface area contributed by atoms with Crippen LogP contribution in [-0.4, -0.2) is 21.4 Å². The van der Waals surface area contributed by atoms with Gasteiger partial charge in [-0.1, -0.05) is 19.4 Å². The standard InChI is InChI=1S/C19H19FN4O2S/c1-3-5-15-17(12(2)21-22-18(25)16-6-4-11-27-16)19(26)24(23-15)14-9-7-13(20)8-10-14/h4,6-11,23H,3,5H2,1-2H3,(H,22,25).